The van der Waals surface area contributed by atoms with Crippen LogP contribution in [0.25, 0.3) is 11.3 Å². The first kappa shape index (κ1) is 18.3. The second-order valence-corrected chi connectivity index (χ2v) is 5.58. The molecule has 9 heteroatoms. The number of ether oxygens (including phenoxy) is 1. The van der Waals surface area contributed by atoms with E-state index in [1.165, 1.54) is 19.7 Å². The molecule has 140 valence electrons. The molecule has 0 bridgehead atoms. The number of hydrogen-bond donors (Lipinski definition) is 3. The van der Waals surface area contributed by atoms with Crippen LogP contribution < -0.4 is 15.4 Å². The molecule has 3 N–H and O–H groups in total. The number of halogens is 2. The summed E-state index contributed by atoms with van der Waals surface area (Å²) in [5, 5.41) is 21.4. The zero-order valence-electron chi connectivity index (χ0n) is 14.8. The maximum Gasteiger partial charge on any atom is 0.171 e. The minimum atomic E-state index is -0.698. The van der Waals surface area contributed by atoms with Crippen molar-refractivity contribution in [1.29, 1.82) is 5.41 Å². The van der Waals surface area contributed by atoms with Crippen molar-refractivity contribution in [3.63, 3.8) is 0 Å². The van der Waals surface area contributed by atoms with Crippen molar-refractivity contribution in [1.82, 2.24) is 19.9 Å². The minimum Gasteiger partial charge on any atom is -0.496 e. The van der Waals surface area contributed by atoms with Gasteiger partial charge in [0, 0.05) is 48.8 Å². The Bertz CT molecular complexity index is 1010. The van der Waals surface area contributed by atoms with Crippen LogP contribution in [0.15, 0.2) is 36.7 Å². The largest absolute Gasteiger partial charge is 0.496 e. The van der Waals surface area contributed by atoms with Crippen molar-refractivity contribution in [2.24, 2.45) is 0 Å². The fourth-order valence-corrected chi connectivity index (χ4v) is 2.77. The van der Waals surface area contributed by atoms with Gasteiger partial charge in [0.25, 0.3) is 0 Å². The lowest BCUT2D eigenvalue weighted by Gasteiger charge is -2.14. The molecule has 3 rings (SSSR count). The van der Waals surface area contributed by atoms with Gasteiger partial charge in [-0.1, -0.05) is 0 Å². The average molecular weight is 372 g/mol. The number of benzene rings is 1. The topological polar surface area (TPSA) is 87.3 Å². The molecule has 2 heterocycles. The van der Waals surface area contributed by atoms with E-state index in [0.717, 1.165) is 17.7 Å². The van der Waals surface area contributed by atoms with Gasteiger partial charge in [-0.15, -0.1) is 10.2 Å². The first-order chi connectivity index (χ1) is 13.1. The zero-order valence-corrected chi connectivity index (χ0v) is 14.8. The standard InChI is InChI=1S/C18H18F2N6O/c1-22-15(5-6-21)12-3-4-17(26-10-24-25-18(12)26)23-9-13-14(20)7-11(19)8-16(13)27-2/h3-8,10,21-23H,9H2,1-2H3/b15-5-,21-6?. The molecule has 0 spiro atoms. The Morgan fingerprint density at radius 1 is 1.33 bits per heavy atom. The summed E-state index contributed by atoms with van der Waals surface area (Å²) in [7, 11) is 3.11. The number of aromatic nitrogens is 3. The van der Waals surface area contributed by atoms with E-state index in [-0.39, 0.29) is 17.9 Å². The molecule has 0 aliphatic heterocycles. The predicted octanol–water partition coefficient (Wildman–Crippen LogP) is 2.84. The average Bonchev–Trinajstić information content (AvgIpc) is 3.15. The summed E-state index contributed by atoms with van der Waals surface area (Å²) in [5.74, 6) is -0.642. The molecule has 0 saturated heterocycles. The number of nitrogens with one attached hydrogen (secondary N) is 3. The maximum absolute atomic E-state index is 14.1. The van der Waals surface area contributed by atoms with E-state index in [1.807, 2.05) is 6.07 Å². The quantitative estimate of drug-likeness (QED) is 0.555. The highest BCUT2D eigenvalue weighted by atomic mass is 19.1. The molecular weight excluding hydrogens is 354 g/mol. The Balaban J connectivity index is 1.95. The summed E-state index contributed by atoms with van der Waals surface area (Å²) in [6.45, 7) is 0.0805. The van der Waals surface area contributed by atoms with E-state index in [4.69, 9.17) is 10.1 Å². The molecule has 2 aromatic heterocycles. The number of methoxy groups -OCH3 is 1. The van der Waals surface area contributed by atoms with Crippen LogP contribution in [0.5, 0.6) is 5.75 Å². The molecule has 27 heavy (non-hydrogen) atoms. The Hall–Kier alpha value is -3.49. The van der Waals surface area contributed by atoms with Crippen LogP contribution in [0.1, 0.15) is 11.1 Å². The van der Waals surface area contributed by atoms with Crippen LogP contribution in [0, 0.1) is 17.0 Å². The van der Waals surface area contributed by atoms with Crippen molar-refractivity contribution in [2.45, 2.75) is 6.54 Å². The summed E-state index contributed by atoms with van der Waals surface area (Å²) >= 11 is 0. The van der Waals surface area contributed by atoms with E-state index < -0.39 is 11.6 Å². The third-order valence-corrected chi connectivity index (χ3v) is 4.05. The first-order valence-electron chi connectivity index (χ1n) is 8.06. The number of nitrogens with zero attached hydrogens (tertiary/aromatic N) is 3. The smallest absolute Gasteiger partial charge is 0.171 e. The monoisotopic (exact) mass is 372 g/mol. The number of fused-ring (bicyclic) bond motifs is 1. The maximum atomic E-state index is 14.1. The Labute approximate surface area is 154 Å². The van der Waals surface area contributed by atoms with Crippen LogP contribution >= 0.6 is 0 Å². The summed E-state index contributed by atoms with van der Waals surface area (Å²) < 4.78 is 34.3. The predicted molar refractivity (Wildman–Crippen MR) is 99.0 cm³/mol. The molecule has 1 aromatic carbocycles. The molecule has 0 radical (unpaired) electrons. The molecular formula is C18H18F2N6O. The molecule has 7 nitrogen and oxygen atoms in total. The number of allylic oxidation sites excluding steroid dienone is 1. The van der Waals surface area contributed by atoms with Crippen molar-refractivity contribution in [2.75, 3.05) is 19.5 Å². The van der Waals surface area contributed by atoms with Crippen LogP contribution in [-0.2, 0) is 6.54 Å². The van der Waals surface area contributed by atoms with E-state index in [0.29, 0.717) is 17.2 Å². The molecule has 0 aliphatic rings. The van der Waals surface area contributed by atoms with Gasteiger partial charge < -0.3 is 20.8 Å². The van der Waals surface area contributed by atoms with Gasteiger partial charge in [-0.3, -0.25) is 4.40 Å². The Morgan fingerprint density at radius 2 is 2.15 bits per heavy atom. The van der Waals surface area contributed by atoms with E-state index in [2.05, 4.69) is 20.8 Å². The van der Waals surface area contributed by atoms with Crippen LogP contribution in [0.3, 0.4) is 0 Å². The molecule has 0 unspecified atom stereocenters. The Kier molecular flexibility index (Phi) is 5.30. The number of anilines is 1. The van der Waals surface area contributed by atoms with Crippen molar-refractivity contribution in [3.05, 3.63) is 59.4 Å². The second kappa shape index (κ2) is 7.81. The minimum absolute atomic E-state index is 0.0805. The molecule has 0 aliphatic carbocycles. The third kappa shape index (κ3) is 3.57. The number of hydrogen-bond acceptors (Lipinski definition) is 6. The van der Waals surface area contributed by atoms with Crippen LogP contribution in [-0.4, -0.2) is 35.0 Å². The fourth-order valence-electron chi connectivity index (χ4n) is 2.77. The Morgan fingerprint density at radius 3 is 2.85 bits per heavy atom. The fraction of sp³-hybridized carbons (Fsp3) is 0.167. The molecule has 0 fully saturated rings. The molecule has 0 amide bonds. The van der Waals surface area contributed by atoms with Gasteiger partial charge in [0.1, 0.15) is 29.5 Å². The van der Waals surface area contributed by atoms with Crippen molar-refractivity contribution < 1.29 is 13.5 Å². The highest BCUT2D eigenvalue weighted by molar-refractivity contribution is 5.86. The van der Waals surface area contributed by atoms with Crippen molar-refractivity contribution in [3.8, 4) is 5.75 Å². The van der Waals surface area contributed by atoms with Gasteiger partial charge in [-0.05, 0) is 18.2 Å². The van der Waals surface area contributed by atoms with Gasteiger partial charge in [0.2, 0.25) is 0 Å². The van der Waals surface area contributed by atoms with Gasteiger partial charge in [-0.2, -0.15) is 0 Å². The molecule has 0 atom stereocenters. The molecule has 3 aromatic rings. The van der Waals surface area contributed by atoms with Gasteiger partial charge in [0.05, 0.1) is 7.11 Å². The lowest BCUT2D eigenvalue weighted by atomic mass is 10.1. The van der Waals surface area contributed by atoms with Crippen molar-refractivity contribution >= 4 is 23.4 Å². The lowest BCUT2D eigenvalue weighted by molar-refractivity contribution is 0.400. The third-order valence-electron chi connectivity index (χ3n) is 4.05. The summed E-state index contributed by atoms with van der Waals surface area (Å²) in [6.07, 6.45) is 4.31. The highest BCUT2D eigenvalue weighted by Crippen LogP contribution is 2.25. The first-order valence-corrected chi connectivity index (χ1v) is 8.06. The highest BCUT2D eigenvalue weighted by Gasteiger charge is 2.14. The van der Waals surface area contributed by atoms with E-state index in [9.17, 15) is 8.78 Å². The SMILES string of the molecule is CN/C(=C\C=N)c1ccc(NCc2c(F)cc(F)cc2OC)n2cnnc12. The summed E-state index contributed by atoms with van der Waals surface area (Å²) in [4.78, 5) is 0. The van der Waals surface area contributed by atoms with Gasteiger partial charge in [0.15, 0.2) is 5.65 Å². The second-order valence-electron chi connectivity index (χ2n) is 5.58. The summed E-state index contributed by atoms with van der Waals surface area (Å²) in [6, 6.07) is 5.56. The van der Waals surface area contributed by atoms with Crippen LogP contribution in [0.2, 0.25) is 0 Å². The van der Waals surface area contributed by atoms with E-state index in [1.54, 1.807) is 23.6 Å². The summed E-state index contributed by atoms with van der Waals surface area (Å²) in [5.41, 5.74) is 2.24. The normalized spacial score (nSPS) is 11.5. The van der Waals surface area contributed by atoms with Gasteiger partial charge in [-0.25, -0.2) is 8.78 Å². The zero-order chi connectivity index (χ0) is 19.4. The van der Waals surface area contributed by atoms with Gasteiger partial charge >= 0.3 is 0 Å². The number of pyridine rings is 1. The lowest BCUT2D eigenvalue weighted by Crippen LogP contribution is -2.10. The number of rotatable bonds is 7. The van der Waals surface area contributed by atoms with Crippen LogP contribution in [0.4, 0.5) is 14.6 Å². The molecule has 0 saturated carbocycles. The van der Waals surface area contributed by atoms with E-state index >= 15 is 0 Å².